The van der Waals surface area contributed by atoms with E-state index in [2.05, 4.69) is 31.4 Å². The van der Waals surface area contributed by atoms with E-state index < -0.39 is 0 Å². The van der Waals surface area contributed by atoms with E-state index in [9.17, 15) is 4.79 Å². The van der Waals surface area contributed by atoms with Gasteiger partial charge in [-0.2, -0.15) is 0 Å². The zero-order valence-electron chi connectivity index (χ0n) is 10.9. The van der Waals surface area contributed by atoms with Crippen molar-refractivity contribution in [3.63, 3.8) is 0 Å². The van der Waals surface area contributed by atoms with Gasteiger partial charge in [0.05, 0.1) is 5.92 Å². The lowest BCUT2D eigenvalue weighted by molar-refractivity contribution is -0.125. The number of carbonyl (C=O) groups is 1. The SMILES string of the molecule is CCC(CC)CNC(=O)C1CCC(C)NC1. The monoisotopic (exact) mass is 226 g/mol. The van der Waals surface area contributed by atoms with E-state index in [0.717, 1.165) is 38.8 Å². The first-order valence-electron chi connectivity index (χ1n) is 6.68. The van der Waals surface area contributed by atoms with Gasteiger partial charge in [0, 0.05) is 19.1 Å². The maximum atomic E-state index is 11.9. The standard InChI is InChI=1S/C13H26N2O/c1-4-11(5-2)8-15-13(16)12-7-6-10(3)14-9-12/h10-12,14H,4-9H2,1-3H3,(H,15,16). The van der Waals surface area contributed by atoms with Crippen LogP contribution >= 0.6 is 0 Å². The lowest BCUT2D eigenvalue weighted by Gasteiger charge is -2.27. The predicted molar refractivity (Wildman–Crippen MR) is 67.3 cm³/mol. The van der Waals surface area contributed by atoms with Crippen LogP contribution in [0.3, 0.4) is 0 Å². The van der Waals surface area contributed by atoms with Crippen LogP contribution in [0, 0.1) is 11.8 Å². The van der Waals surface area contributed by atoms with Crippen LogP contribution in [0.5, 0.6) is 0 Å². The molecule has 1 aliphatic heterocycles. The Morgan fingerprint density at radius 3 is 2.56 bits per heavy atom. The van der Waals surface area contributed by atoms with E-state index in [1.54, 1.807) is 0 Å². The summed E-state index contributed by atoms with van der Waals surface area (Å²) in [6, 6.07) is 0.572. The normalized spacial score (nSPS) is 25.8. The predicted octanol–water partition coefficient (Wildman–Crippen LogP) is 1.93. The Morgan fingerprint density at radius 2 is 2.06 bits per heavy atom. The zero-order chi connectivity index (χ0) is 12.0. The van der Waals surface area contributed by atoms with Gasteiger partial charge in [0.2, 0.25) is 5.91 Å². The van der Waals surface area contributed by atoms with Gasteiger partial charge in [-0.05, 0) is 25.7 Å². The van der Waals surface area contributed by atoms with E-state index >= 15 is 0 Å². The Bertz CT molecular complexity index is 206. The molecule has 94 valence electrons. The molecule has 3 heteroatoms. The molecule has 0 spiro atoms. The van der Waals surface area contributed by atoms with E-state index in [-0.39, 0.29) is 11.8 Å². The van der Waals surface area contributed by atoms with Gasteiger partial charge >= 0.3 is 0 Å². The highest BCUT2D eigenvalue weighted by Gasteiger charge is 2.23. The highest BCUT2D eigenvalue weighted by molar-refractivity contribution is 5.78. The van der Waals surface area contributed by atoms with Crippen LogP contribution in [0.15, 0.2) is 0 Å². The summed E-state index contributed by atoms with van der Waals surface area (Å²) in [5, 5.41) is 6.46. The Kier molecular flexibility index (Phi) is 5.81. The minimum Gasteiger partial charge on any atom is -0.356 e. The van der Waals surface area contributed by atoms with Gasteiger partial charge in [-0.15, -0.1) is 0 Å². The average molecular weight is 226 g/mol. The number of rotatable bonds is 5. The Labute approximate surface area is 99.4 Å². The van der Waals surface area contributed by atoms with Gasteiger partial charge in [0.1, 0.15) is 0 Å². The highest BCUT2D eigenvalue weighted by Crippen LogP contribution is 2.14. The smallest absolute Gasteiger partial charge is 0.224 e. The molecule has 0 aliphatic carbocycles. The third-order valence-corrected chi connectivity index (χ3v) is 3.75. The van der Waals surface area contributed by atoms with Crippen molar-refractivity contribution >= 4 is 5.91 Å². The Balaban J connectivity index is 2.24. The summed E-state index contributed by atoms with van der Waals surface area (Å²) in [7, 11) is 0. The lowest BCUT2D eigenvalue weighted by Crippen LogP contribution is -2.44. The molecular formula is C13H26N2O. The molecule has 1 fully saturated rings. The molecule has 1 rings (SSSR count). The topological polar surface area (TPSA) is 41.1 Å². The minimum atomic E-state index is 0.186. The van der Waals surface area contributed by atoms with E-state index in [4.69, 9.17) is 0 Å². The highest BCUT2D eigenvalue weighted by atomic mass is 16.1. The fraction of sp³-hybridized carbons (Fsp3) is 0.923. The summed E-state index contributed by atoms with van der Waals surface area (Å²) >= 11 is 0. The molecule has 2 unspecified atom stereocenters. The number of amides is 1. The summed E-state index contributed by atoms with van der Waals surface area (Å²) in [6.45, 7) is 8.24. The fourth-order valence-electron chi connectivity index (χ4n) is 2.19. The number of hydrogen-bond donors (Lipinski definition) is 2. The van der Waals surface area contributed by atoms with Crippen molar-refractivity contribution in [2.75, 3.05) is 13.1 Å². The van der Waals surface area contributed by atoms with Crippen LogP contribution < -0.4 is 10.6 Å². The Morgan fingerprint density at radius 1 is 1.38 bits per heavy atom. The third-order valence-electron chi connectivity index (χ3n) is 3.75. The van der Waals surface area contributed by atoms with Crippen LogP contribution in [0.4, 0.5) is 0 Å². The maximum absolute atomic E-state index is 11.9. The summed E-state index contributed by atoms with van der Waals surface area (Å²) in [5.74, 6) is 1.07. The second kappa shape index (κ2) is 6.89. The van der Waals surface area contributed by atoms with Gasteiger partial charge in [0.15, 0.2) is 0 Å². The quantitative estimate of drug-likeness (QED) is 0.752. The van der Waals surface area contributed by atoms with E-state index in [1.165, 1.54) is 0 Å². The number of piperidine rings is 1. The van der Waals surface area contributed by atoms with Crippen molar-refractivity contribution in [2.24, 2.45) is 11.8 Å². The number of nitrogens with one attached hydrogen (secondary N) is 2. The van der Waals surface area contributed by atoms with Crippen molar-refractivity contribution in [1.29, 1.82) is 0 Å². The molecule has 0 saturated carbocycles. The van der Waals surface area contributed by atoms with Gasteiger partial charge in [-0.3, -0.25) is 4.79 Å². The van der Waals surface area contributed by atoms with Crippen molar-refractivity contribution in [1.82, 2.24) is 10.6 Å². The second-order valence-electron chi connectivity index (χ2n) is 5.01. The molecular weight excluding hydrogens is 200 g/mol. The van der Waals surface area contributed by atoms with Crippen molar-refractivity contribution in [3.05, 3.63) is 0 Å². The molecule has 0 aromatic carbocycles. The summed E-state index contributed by atoms with van der Waals surface area (Å²) in [5.41, 5.74) is 0. The first-order valence-corrected chi connectivity index (χ1v) is 6.68. The van der Waals surface area contributed by atoms with Crippen molar-refractivity contribution < 1.29 is 4.79 Å². The molecule has 1 amide bonds. The zero-order valence-corrected chi connectivity index (χ0v) is 10.9. The van der Waals surface area contributed by atoms with Crippen molar-refractivity contribution in [3.8, 4) is 0 Å². The molecule has 0 aromatic rings. The minimum absolute atomic E-state index is 0.186. The van der Waals surface area contributed by atoms with E-state index in [1.807, 2.05) is 0 Å². The van der Waals surface area contributed by atoms with Crippen LogP contribution in [0.25, 0.3) is 0 Å². The molecule has 16 heavy (non-hydrogen) atoms. The molecule has 0 bridgehead atoms. The second-order valence-corrected chi connectivity index (χ2v) is 5.01. The summed E-state index contributed by atoms with van der Waals surface area (Å²) < 4.78 is 0. The number of carbonyl (C=O) groups excluding carboxylic acids is 1. The van der Waals surface area contributed by atoms with Gasteiger partial charge < -0.3 is 10.6 Å². The largest absolute Gasteiger partial charge is 0.356 e. The van der Waals surface area contributed by atoms with Crippen LogP contribution in [-0.2, 0) is 4.79 Å². The lowest BCUT2D eigenvalue weighted by atomic mass is 9.94. The first-order chi connectivity index (χ1) is 7.67. The van der Waals surface area contributed by atoms with Gasteiger partial charge in [0.25, 0.3) is 0 Å². The summed E-state index contributed by atoms with van der Waals surface area (Å²) in [4.78, 5) is 11.9. The fourth-order valence-corrected chi connectivity index (χ4v) is 2.19. The molecule has 2 atom stereocenters. The summed E-state index contributed by atoms with van der Waals surface area (Å²) in [6.07, 6.45) is 4.44. The van der Waals surface area contributed by atoms with Crippen molar-refractivity contribution in [2.45, 2.75) is 52.5 Å². The first kappa shape index (κ1) is 13.5. The molecule has 3 nitrogen and oxygen atoms in total. The van der Waals surface area contributed by atoms with Crippen LogP contribution in [0.1, 0.15) is 46.5 Å². The molecule has 1 heterocycles. The molecule has 0 radical (unpaired) electrons. The third kappa shape index (κ3) is 4.12. The maximum Gasteiger partial charge on any atom is 0.224 e. The molecule has 2 N–H and O–H groups in total. The Hall–Kier alpha value is -0.570. The van der Waals surface area contributed by atoms with Gasteiger partial charge in [-0.25, -0.2) is 0 Å². The molecule has 1 aliphatic rings. The van der Waals surface area contributed by atoms with Crippen LogP contribution in [-0.4, -0.2) is 25.0 Å². The van der Waals surface area contributed by atoms with Crippen LogP contribution in [0.2, 0.25) is 0 Å². The van der Waals surface area contributed by atoms with Gasteiger partial charge in [-0.1, -0.05) is 26.7 Å². The number of hydrogen-bond acceptors (Lipinski definition) is 2. The molecule has 1 saturated heterocycles. The molecule has 0 aromatic heterocycles. The average Bonchev–Trinajstić information content (AvgIpc) is 2.31. The van der Waals surface area contributed by atoms with E-state index in [0.29, 0.717) is 12.0 Å².